The van der Waals surface area contributed by atoms with E-state index in [1.165, 1.54) is 29.7 Å². The summed E-state index contributed by atoms with van der Waals surface area (Å²) >= 11 is 0. The van der Waals surface area contributed by atoms with Crippen molar-refractivity contribution in [2.45, 2.75) is 25.3 Å². The van der Waals surface area contributed by atoms with E-state index in [9.17, 15) is 0 Å². The fourth-order valence-electron chi connectivity index (χ4n) is 2.28. The Hall–Kier alpha value is -1.74. The lowest BCUT2D eigenvalue weighted by atomic mass is 10.1. The van der Waals surface area contributed by atoms with Crippen molar-refractivity contribution in [3.8, 4) is 11.3 Å². The van der Waals surface area contributed by atoms with Gasteiger partial charge in [0.1, 0.15) is 6.33 Å². The van der Waals surface area contributed by atoms with Crippen LogP contribution in [0.4, 0.5) is 0 Å². The Balaban J connectivity index is 1.83. The van der Waals surface area contributed by atoms with E-state index in [1.807, 2.05) is 0 Å². The van der Waals surface area contributed by atoms with E-state index in [1.54, 1.807) is 6.33 Å². The van der Waals surface area contributed by atoms with E-state index in [-0.39, 0.29) is 0 Å². The monoisotopic (exact) mass is 253 g/mol. The van der Waals surface area contributed by atoms with Crippen LogP contribution in [0, 0.1) is 0 Å². The minimum absolute atomic E-state index is 0.676. The summed E-state index contributed by atoms with van der Waals surface area (Å²) in [5, 5.41) is 0. The molecule has 1 aromatic carbocycles. The zero-order valence-electron chi connectivity index (χ0n) is 11.5. The number of hydrogen-bond acceptors (Lipinski definition) is 3. The van der Waals surface area contributed by atoms with Gasteiger partial charge in [-0.25, -0.2) is 9.97 Å². The maximum Gasteiger partial charge on any atom is 0.116 e. The van der Waals surface area contributed by atoms with Crippen LogP contribution in [0.3, 0.4) is 0 Å². The summed E-state index contributed by atoms with van der Waals surface area (Å²) in [6.07, 6.45) is 4.24. The van der Waals surface area contributed by atoms with Crippen LogP contribution in [0.2, 0.25) is 0 Å². The van der Waals surface area contributed by atoms with Crippen molar-refractivity contribution in [3.05, 3.63) is 47.9 Å². The number of nitrogens with zero attached hydrogens (tertiary/aromatic N) is 3. The zero-order chi connectivity index (χ0) is 13.2. The van der Waals surface area contributed by atoms with Gasteiger partial charge in [0.05, 0.1) is 5.69 Å². The van der Waals surface area contributed by atoms with Gasteiger partial charge in [-0.1, -0.05) is 24.3 Å². The number of rotatable bonds is 4. The maximum atomic E-state index is 4.39. The molecule has 1 fully saturated rings. The Morgan fingerprint density at radius 1 is 1.11 bits per heavy atom. The highest BCUT2D eigenvalue weighted by molar-refractivity contribution is 5.59. The first-order valence-corrected chi connectivity index (χ1v) is 6.78. The lowest BCUT2D eigenvalue weighted by molar-refractivity contribution is 0.402. The van der Waals surface area contributed by atoms with E-state index >= 15 is 0 Å². The van der Waals surface area contributed by atoms with Crippen LogP contribution < -0.4 is 0 Å². The van der Waals surface area contributed by atoms with Crippen molar-refractivity contribution in [2.24, 2.45) is 0 Å². The minimum Gasteiger partial charge on any atom is -0.305 e. The van der Waals surface area contributed by atoms with Crippen LogP contribution in [0.15, 0.2) is 36.7 Å². The lowest BCUT2D eigenvalue weighted by Crippen LogP contribution is -2.10. The van der Waals surface area contributed by atoms with E-state index in [4.69, 9.17) is 0 Å². The standard InChI is InChI=1S/C16H19N3/c1-19(2)10-12-3-5-13(6-4-12)15-9-16(14-7-8-14)18-11-17-15/h3-6,9,11,14H,7-8,10H2,1-2H3. The van der Waals surface area contributed by atoms with E-state index in [0.29, 0.717) is 5.92 Å². The molecule has 0 atom stereocenters. The molecule has 1 heterocycles. The van der Waals surface area contributed by atoms with Gasteiger partial charge in [0, 0.05) is 23.7 Å². The SMILES string of the molecule is CN(C)Cc1ccc(-c2cc(C3CC3)ncn2)cc1. The van der Waals surface area contributed by atoms with Crippen molar-refractivity contribution in [1.82, 2.24) is 14.9 Å². The van der Waals surface area contributed by atoms with Gasteiger partial charge < -0.3 is 4.90 Å². The first-order chi connectivity index (χ1) is 9.22. The first-order valence-electron chi connectivity index (χ1n) is 6.78. The van der Waals surface area contributed by atoms with Crippen LogP contribution in [-0.2, 0) is 6.54 Å². The van der Waals surface area contributed by atoms with Crippen LogP contribution >= 0.6 is 0 Å². The molecule has 3 rings (SSSR count). The highest BCUT2D eigenvalue weighted by Crippen LogP contribution is 2.39. The Bertz CT molecular complexity index is 556. The van der Waals surface area contributed by atoms with Gasteiger partial charge in [-0.2, -0.15) is 0 Å². The Labute approximate surface area is 114 Å². The van der Waals surface area contributed by atoms with Crippen molar-refractivity contribution < 1.29 is 0 Å². The van der Waals surface area contributed by atoms with Gasteiger partial charge in [-0.3, -0.25) is 0 Å². The fourth-order valence-corrected chi connectivity index (χ4v) is 2.28. The van der Waals surface area contributed by atoms with Crippen molar-refractivity contribution >= 4 is 0 Å². The molecule has 0 spiro atoms. The van der Waals surface area contributed by atoms with Gasteiger partial charge in [-0.15, -0.1) is 0 Å². The second kappa shape index (κ2) is 5.10. The summed E-state index contributed by atoms with van der Waals surface area (Å²) in [6, 6.07) is 10.8. The minimum atomic E-state index is 0.676. The average Bonchev–Trinajstić information content (AvgIpc) is 3.23. The molecule has 98 valence electrons. The lowest BCUT2D eigenvalue weighted by Gasteiger charge is -2.10. The van der Waals surface area contributed by atoms with Gasteiger partial charge in [0.15, 0.2) is 0 Å². The summed E-state index contributed by atoms with van der Waals surface area (Å²) in [5.74, 6) is 0.676. The normalized spacial score (nSPS) is 14.9. The molecule has 1 aliphatic carbocycles. The quantitative estimate of drug-likeness (QED) is 0.838. The Morgan fingerprint density at radius 2 is 1.84 bits per heavy atom. The summed E-state index contributed by atoms with van der Waals surface area (Å²) in [4.78, 5) is 10.9. The molecular formula is C16H19N3. The van der Waals surface area contributed by atoms with Crippen molar-refractivity contribution in [1.29, 1.82) is 0 Å². The molecule has 0 amide bonds. The van der Waals surface area contributed by atoms with Crippen molar-refractivity contribution in [2.75, 3.05) is 14.1 Å². The highest BCUT2D eigenvalue weighted by Gasteiger charge is 2.25. The predicted molar refractivity (Wildman–Crippen MR) is 76.8 cm³/mol. The molecule has 0 aliphatic heterocycles. The molecule has 3 heteroatoms. The number of benzene rings is 1. The van der Waals surface area contributed by atoms with Gasteiger partial charge in [0.2, 0.25) is 0 Å². The van der Waals surface area contributed by atoms with E-state index in [2.05, 4.69) is 59.3 Å². The molecular weight excluding hydrogens is 234 g/mol. The molecule has 0 bridgehead atoms. The van der Waals surface area contributed by atoms with Crippen LogP contribution in [0.5, 0.6) is 0 Å². The fraction of sp³-hybridized carbons (Fsp3) is 0.375. The molecule has 0 N–H and O–H groups in total. The first kappa shape index (κ1) is 12.3. The average molecular weight is 253 g/mol. The molecule has 19 heavy (non-hydrogen) atoms. The number of aromatic nitrogens is 2. The second-order valence-electron chi connectivity index (χ2n) is 5.54. The maximum absolute atomic E-state index is 4.39. The molecule has 1 saturated carbocycles. The molecule has 1 aromatic heterocycles. The Kier molecular flexibility index (Phi) is 3.30. The molecule has 3 nitrogen and oxygen atoms in total. The van der Waals surface area contributed by atoms with Crippen LogP contribution in [0.1, 0.15) is 30.0 Å². The van der Waals surface area contributed by atoms with Gasteiger partial charge in [-0.05, 0) is 38.6 Å². The molecule has 0 unspecified atom stereocenters. The third-order valence-electron chi connectivity index (χ3n) is 3.43. The second-order valence-corrected chi connectivity index (χ2v) is 5.54. The Morgan fingerprint density at radius 3 is 2.47 bits per heavy atom. The van der Waals surface area contributed by atoms with Crippen LogP contribution in [-0.4, -0.2) is 29.0 Å². The van der Waals surface area contributed by atoms with Crippen LogP contribution in [0.25, 0.3) is 11.3 Å². The highest BCUT2D eigenvalue weighted by atomic mass is 15.0. The topological polar surface area (TPSA) is 29.0 Å². The summed E-state index contributed by atoms with van der Waals surface area (Å²) < 4.78 is 0. The third kappa shape index (κ3) is 2.99. The summed E-state index contributed by atoms with van der Waals surface area (Å²) in [6.45, 7) is 0.970. The number of hydrogen-bond donors (Lipinski definition) is 0. The summed E-state index contributed by atoms with van der Waals surface area (Å²) in [7, 11) is 4.17. The van der Waals surface area contributed by atoms with Gasteiger partial charge >= 0.3 is 0 Å². The molecule has 2 aromatic rings. The third-order valence-corrected chi connectivity index (χ3v) is 3.43. The predicted octanol–water partition coefficient (Wildman–Crippen LogP) is 3.08. The van der Waals surface area contributed by atoms with E-state index in [0.717, 1.165) is 12.2 Å². The van der Waals surface area contributed by atoms with E-state index < -0.39 is 0 Å². The molecule has 1 aliphatic rings. The molecule has 0 radical (unpaired) electrons. The summed E-state index contributed by atoms with van der Waals surface area (Å²) in [5.41, 5.74) is 4.73. The van der Waals surface area contributed by atoms with Crippen molar-refractivity contribution in [3.63, 3.8) is 0 Å². The zero-order valence-corrected chi connectivity index (χ0v) is 11.5. The van der Waals surface area contributed by atoms with Gasteiger partial charge in [0.25, 0.3) is 0 Å². The largest absolute Gasteiger partial charge is 0.305 e. The smallest absolute Gasteiger partial charge is 0.116 e. The molecule has 0 saturated heterocycles.